The molecule has 0 fully saturated rings. The summed E-state index contributed by atoms with van der Waals surface area (Å²) in [5.74, 6) is -2.40. The number of nitrogens with one attached hydrogen (secondary N) is 1. The van der Waals surface area contributed by atoms with E-state index in [4.69, 9.17) is 4.74 Å². The molecule has 0 bridgehead atoms. The molecule has 0 radical (unpaired) electrons. The predicted molar refractivity (Wildman–Crippen MR) is 122 cm³/mol. The second kappa shape index (κ2) is 10.5. The van der Waals surface area contributed by atoms with Gasteiger partial charge in [0.15, 0.2) is 11.5 Å². The molecular weight excluding hydrogens is 464 g/mol. The van der Waals surface area contributed by atoms with Crippen molar-refractivity contribution in [2.75, 3.05) is 26.0 Å². The van der Waals surface area contributed by atoms with Gasteiger partial charge in [0.2, 0.25) is 11.8 Å². The zero-order chi connectivity index (χ0) is 25.9. The van der Waals surface area contributed by atoms with Crippen molar-refractivity contribution in [3.8, 4) is 11.5 Å². The summed E-state index contributed by atoms with van der Waals surface area (Å²) in [5.41, 5.74) is 0.564. The summed E-state index contributed by atoms with van der Waals surface area (Å²) in [5, 5.41) is 2.54. The monoisotopic (exact) mass is 489 g/mol. The molecule has 0 spiro atoms. The van der Waals surface area contributed by atoms with Crippen LogP contribution in [0.4, 0.5) is 14.5 Å². The Morgan fingerprint density at radius 1 is 1.09 bits per heavy atom. The predicted octanol–water partition coefficient (Wildman–Crippen LogP) is 3.46. The van der Waals surface area contributed by atoms with Crippen molar-refractivity contribution >= 4 is 29.3 Å². The Labute approximate surface area is 200 Å². The van der Waals surface area contributed by atoms with Crippen LogP contribution < -0.4 is 14.8 Å². The number of imide groups is 1. The van der Waals surface area contributed by atoms with Gasteiger partial charge in [-0.3, -0.25) is 24.1 Å². The first-order chi connectivity index (χ1) is 16.5. The summed E-state index contributed by atoms with van der Waals surface area (Å²) >= 11 is 0. The van der Waals surface area contributed by atoms with E-state index >= 15 is 0 Å². The van der Waals surface area contributed by atoms with Crippen LogP contribution in [0.15, 0.2) is 36.4 Å². The fraction of sp³-hybridized carbons (Fsp3) is 0.333. The topological polar surface area (TPSA) is 105 Å². The van der Waals surface area contributed by atoms with E-state index in [1.807, 2.05) is 0 Å². The number of carbonyl (C=O) groups is 4. The zero-order valence-corrected chi connectivity index (χ0v) is 19.6. The van der Waals surface area contributed by atoms with E-state index < -0.39 is 30.4 Å². The van der Waals surface area contributed by atoms with Crippen molar-refractivity contribution in [1.82, 2.24) is 9.80 Å². The number of hydrogen-bond acceptors (Lipinski definition) is 6. The Kier molecular flexibility index (Phi) is 7.68. The van der Waals surface area contributed by atoms with Gasteiger partial charge in [0.05, 0.1) is 35.9 Å². The Bertz CT molecular complexity index is 1170. The molecular formula is C24H25F2N3O6. The summed E-state index contributed by atoms with van der Waals surface area (Å²) in [4.78, 5) is 53.4. The van der Waals surface area contributed by atoms with Gasteiger partial charge in [-0.1, -0.05) is 12.1 Å². The molecule has 35 heavy (non-hydrogen) atoms. The second-order valence-electron chi connectivity index (χ2n) is 7.92. The van der Waals surface area contributed by atoms with Gasteiger partial charge in [-0.15, -0.1) is 0 Å². The Morgan fingerprint density at radius 2 is 1.80 bits per heavy atom. The number of fused-ring (bicyclic) bond motifs is 1. The highest BCUT2D eigenvalue weighted by atomic mass is 19.3. The third-order valence-electron chi connectivity index (χ3n) is 5.30. The number of benzene rings is 2. The van der Waals surface area contributed by atoms with Crippen LogP contribution in [0.1, 0.15) is 52.6 Å². The Hall–Kier alpha value is -4.02. The summed E-state index contributed by atoms with van der Waals surface area (Å²) in [6.07, 6.45) is -0.269. The molecule has 2 aromatic rings. The fourth-order valence-corrected chi connectivity index (χ4v) is 3.78. The summed E-state index contributed by atoms with van der Waals surface area (Å²) in [6, 6.07) is 7.40. The van der Waals surface area contributed by atoms with Crippen LogP contribution in [0, 0.1) is 0 Å². The van der Waals surface area contributed by atoms with Crippen LogP contribution in [-0.4, -0.2) is 60.7 Å². The van der Waals surface area contributed by atoms with Gasteiger partial charge in [-0.25, -0.2) is 0 Å². The zero-order valence-electron chi connectivity index (χ0n) is 19.6. The number of hydrogen-bond donors (Lipinski definition) is 1. The lowest BCUT2D eigenvalue weighted by Gasteiger charge is -2.28. The lowest BCUT2D eigenvalue weighted by Crippen LogP contribution is -2.37. The number of nitrogens with zero attached hydrogens (tertiary/aromatic N) is 2. The molecule has 2 aromatic carbocycles. The lowest BCUT2D eigenvalue weighted by atomic mass is 10.0. The van der Waals surface area contributed by atoms with E-state index in [-0.39, 0.29) is 47.2 Å². The van der Waals surface area contributed by atoms with E-state index in [0.29, 0.717) is 5.56 Å². The van der Waals surface area contributed by atoms with Crippen LogP contribution in [-0.2, 0) is 9.59 Å². The van der Waals surface area contributed by atoms with Crippen LogP contribution >= 0.6 is 0 Å². The fourth-order valence-electron chi connectivity index (χ4n) is 3.78. The molecule has 0 aliphatic carbocycles. The second-order valence-corrected chi connectivity index (χ2v) is 7.92. The maximum Gasteiger partial charge on any atom is 0.387 e. The van der Waals surface area contributed by atoms with Gasteiger partial charge >= 0.3 is 6.61 Å². The number of rotatable bonds is 9. The number of amides is 4. The normalized spacial score (nSPS) is 13.5. The van der Waals surface area contributed by atoms with Crippen molar-refractivity contribution < 1.29 is 37.4 Å². The number of anilines is 1. The maximum absolute atomic E-state index is 13.5. The number of ether oxygens (including phenoxy) is 2. The molecule has 1 aliphatic heterocycles. The van der Waals surface area contributed by atoms with Gasteiger partial charge in [-0.2, -0.15) is 8.78 Å². The van der Waals surface area contributed by atoms with Crippen molar-refractivity contribution in [3.05, 3.63) is 53.1 Å². The Morgan fingerprint density at radius 3 is 2.40 bits per heavy atom. The third-order valence-corrected chi connectivity index (χ3v) is 5.30. The molecule has 0 unspecified atom stereocenters. The van der Waals surface area contributed by atoms with Crippen LogP contribution in [0.5, 0.6) is 11.5 Å². The van der Waals surface area contributed by atoms with Crippen molar-refractivity contribution in [2.45, 2.75) is 32.9 Å². The highest BCUT2D eigenvalue weighted by Crippen LogP contribution is 2.39. The molecule has 1 atom stereocenters. The van der Waals surface area contributed by atoms with Gasteiger partial charge in [0.1, 0.15) is 0 Å². The SMILES string of the molecule is CCOc1cc([C@H](CC(=O)N(C)C)N2C(=O)c3cccc(NC(C)=O)c3C2=O)ccc1OC(F)F. The van der Waals surface area contributed by atoms with E-state index in [1.54, 1.807) is 6.92 Å². The van der Waals surface area contributed by atoms with Gasteiger partial charge in [0.25, 0.3) is 11.8 Å². The molecule has 3 rings (SSSR count). The first-order valence-corrected chi connectivity index (χ1v) is 10.7. The molecule has 11 heteroatoms. The standard InChI is InChI=1S/C24H25F2N3O6/c1-5-34-19-11-14(9-10-18(19)35-24(25)26)17(12-20(31)28(3)4)29-22(32)15-7-6-8-16(27-13(2)30)21(15)23(29)33/h6-11,17,24H,5,12H2,1-4H3,(H,27,30)/t17-/m0/s1. The Balaban J connectivity index is 2.11. The molecule has 0 saturated heterocycles. The highest BCUT2D eigenvalue weighted by molar-refractivity contribution is 6.24. The minimum atomic E-state index is -3.09. The van der Waals surface area contributed by atoms with Gasteiger partial charge < -0.3 is 19.7 Å². The summed E-state index contributed by atoms with van der Waals surface area (Å²) in [6.45, 7) is -0.0265. The number of alkyl halides is 2. The van der Waals surface area contributed by atoms with Crippen LogP contribution in [0.25, 0.3) is 0 Å². The third kappa shape index (κ3) is 5.39. The molecule has 186 valence electrons. The van der Waals surface area contributed by atoms with Crippen LogP contribution in [0.2, 0.25) is 0 Å². The highest BCUT2D eigenvalue weighted by Gasteiger charge is 2.43. The smallest absolute Gasteiger partial charge is 0.387 e. The average Bonchev–Trinajstić information content (AvgIpc) is 3.03. The van der Waals surface area contributed by atoms with E-state index in [0.717, 1.165) is 4.90 Å². The summed E-state index contributed by atoms with van der Waals surface area (Å²) in [7, 11) is 3.06. The minimum Gasteiger partial charge on any atom is -0.490 e. The molecule has 1 aliphatic rings. The number of carbonyl (C=O) groups excluding carboxylic acids is 4. The minimum absolute atomic E-state index is 0.0117. The average molecular weight is 489 g/mol. The molecule has 4 amide bonds. The quantitative estimate of drug-likeness (QED) is 0.541. The van der Waals surface area contributed by atoms with Crippen LogP contribution in [0.3, 0.4) is 0 Å². The van der Waals surface area contributed by atoms with Crippen molar-refractivity contribution in [2.24, 2.45) is 0 Å². The largest absolute Gasteiger partial charge is 0.490 e. The molecule has 1 N–H and O–H groups in total. The van der Waals surface area contributed by atoms with E-state index in [1.165, 1.54) is 62.3 Å². The van der Waals surface area contributed by atoms with E-state index in [2.05, 4.69) is 10.1 Å². The maximum atomic E-state index is 13.5. The number of halogens is 2. The van der Waals surface area contributed by atoms with Crippen molar-refractivity contribution in [3.63, 3.8) is 0 Å². The van der Waals surface area contributed by atoms with E-state index in [9.17, 15) is 28.0 Å². The molecule has 0 aromatic heterocycles. The molecule has 0 saturated carbocycles. The lowest BCUT2D eigenvalue weighted by molar-refractivity contribution is -0.129. The van der Waals surface area contributed by atoms with Crippen molar-refractivity contribution in [1.29, 1.82) is 0 Å². The molecule has 9 nitrogen and oxygen atoms in total. The van der Waals surface area contributed by atoms with Gasteiger partial charge in [-0.05, 0) is 36.8 Å². The van der Waals surface area contributed by atoms with Gasteiger partial charge in [0, 0.05) is 21.0 Å². The first kappa shape index (κ1) is 25.6. The molecule has 1 heterocycles. The first-order valence-electron chi connectivity index (χ1n) is 10.7. The summed E-state index contributed by atoms with van der Waals surface area (Å²) < 4.78 is 35.6.